The van der Waals surface area contributed by atoms with E-state index in [4.69, 9.17) is 4.74 Å². The Bertz CT molecular complexity index is 1310. The van der Waals surface area contributed by atoms with E-state index in [9.17, 15) is 19.8 Å². The van der Waals surface area contributed by atoms with Crippen LogP contribution in [-0.4, -0.2) is 47.4 Å². The molecule has 0 spiro atoms. The molecule has 6 nitrogen and oxygen atoms in total. The van der Waals surface area contributed by atoms with Crippen LogP contribution in [0.15, 0.2) is 0 Å². The molecule has 0 aliphatic heterocycles. The summed E-state index contributed by atoms with van der Waals surface area (Å²) in [5.74, 6) is 0.00350. The monoisotopic (exact) mass is 1260 g/mol. The Hall–Kier alpha value is -1.14. The first-order valence-corrected chi connectivity index (χ1v) is 41.8. The van der Waals surface area contributed by atoms with Crippen molar-refractivity contribution in [3.63, 3.8) is 0 Å². The van der Waals surface area contributed by atoms with Crippen molar-refractivity contribution < 1.29 is 24.5 Å². The number of amides is 1. The minimum absolute atomic E-state index is 0.0229. The minimum atomic E-state index is -0.661. The third-order valence-corrected chi connectivity index (χ3v) is 20.2. The van der Waals surface area contributed by atoms with Crippen LogP contribution in [0.3, 0.4) is 0 Å². The molecule has 0 aliphatic rings. The molecule has 0 heterocycles. The van der Waals surface area contributed by atoms with E-state index in [2.05, 4.69) is 19.2 Å². The zero-order valence-electron chi connectivity index (χ0n) is 61.2. The maximum atomic E-state index is 12.6. The van der Waals surface area contributed by atoms with Crippen LogP contribution in [0.5, 0.6) is 0 Å². The molecule has 0 fully saturated rings. The molecule has 1 amide bonds. The van der Waals surface area contributed by atoms with E-state index in [0.717, 1.165) is 38.5 Å². The summed E-state index contributed by atoms with van der Waals surface area (Å²) in [6.07, 6.45) is 99.4. The van der Waals surface area contributed by atoms with E-state index in [-0.39, 0.29) is 18.5 Å². The van der Waals surface area contributed by atoms with Crippen LogP contribution >= 0.6 is 0 Å². The van der Waals surface area contributed by atoms with Crippen LogP contribution in [0.4, 0.5) is 0 Å². The van der Waals surface area contributed by atoms with Crippen molar-refractivity contribution in [3.05, 3.63) is 0 Å². The van der Waals surface area contributed by atoms with Crippen LogP contribution in [0, 0.1) is 0 Å². The van der Waals surface area contributed by atoms with Gasteiger partial charge in [0.1, 0.15) is 0 Å². The van der Waals surface area contributed by atoms with Gasteiger partial charge in [0.25, 0.3) is 0 Å². The number of aliphatic hydroxyl groups excluding tert-OH is 2. The number of nitrogens with one attached hydrogen (secondary N) is 1. The van der Waals surface area contributed by atoms with Gasteiger partial charge in [0.2, 0.25) is 5.91 Å². The van der Waals surface area contributed by atoms with Gasteiger partial charge in [0.05, 0.1) is 25.4 Å². The molecule has 6 heteroatoms. The number of unbranched alkanes of at least 4 members (excludes halogenated alkanes) is 69. The number of esters is 1. The Balaban J connectivity index is 3.30. The molecule has 0 rings (SSSR count). The first kappa shape index (κ1) is 87.9. The molecule has 532 valence electrons. The van der Waals surface area contributed by atoms with Gasteiger partial charge in [0.15, 0.2) is 0 Å². The number of rotatable bonds is 80. The molecule has 2 atom stereocenters. The molecule has 0 saturated carbocycles. The van der Waals surface area contributed by atoms with Crippen molar-refractivity contribution in [1.29, 1.82) is 0 Å². The molecular formula is C83H165NO5. The Labute approximate surface area is 559 Å². The zero-order valence-corrected chi connectivity index (χ0v) is 61.2. The minimum Gasteiger partial charge on any atom is -0.466 e. The van der Waals surface area contributed by atoms with Crippen LogP contribution in [0.2, 0.25) is 0 Å². The standard InChI is InChI=1S/C83H165NO5/c1-3-5-7-9-11-13-15-17-19-20-21-22-36-39-42-45-48-51-55-59-63-67-71-75-81(86)80(79-85)84-82(87)76-72-68-64-60-56-52-49-46-43-40-37-34-32-30-28-26-24-23-25-27-29-31-33-35-38-41-44-47-50-54-58-62-66-70-74-78-89-83(88)77-73-69-65-61-57-53-18-16-14-12-10-8-6-4-2/h80-81,85-86H,3-79H2,1-2H3,(H,84,87). The van der Waals surface area contributed by atoms with Gasteiger partial charge in [-0.2, -0.15) is 0 Å². The zero-order chi connectivity index (χ0) is 64.2. The molecule has 2 unspecified atom stereocenters. The lowest BCUT2D eigenvalue weighted by Gasteiger charge is -2.22. The van der Waals surface area contributed by atoms with Gasteiger partial charge in [-0.1, -0.05) is 457 Å². The summed E-state index contributed by atoms with van der Waals surface area (Å²) < 4.78 is 5.51. The highest BCUT2D eigenvalue weighted by Gasteiger charge is 2.20. The summed E-state index contributed by atoms with van der Waals surface area (Å²) in [5.41, 5.74) is 0. The normalized spacial score (nSPS) is 12.4. The fourth-order valence-electron chi connectivity index (χ4n) is 13.8. The number of carbonyl (C=O) groups is 2. The van der Waals surface area contributed by atoms with Gasteiger partial charge in [-0.05, 0) is 25.7 Å². The lowest BCUT2D eigenvalue weighted by atomic mass is 10.0. The second-order valence-corrected chi connectivity index (χ2v) is 29.2. The van der Waals surface area contributed by atoms with Gasteiger partial charge >= 0.3 is 5.97 Å². The number of carbonyl (C=O) groups excluding carboxylic acids is 2. The highest BCUT2D eigenvalue weighted by molar-refractivity contribution is 5.76. The lowest BCUT2D eigenvalue weighted by molar-refractivity contribution is -0.143. The number of aliphatic hydroxyl groups is 2. The topological polar surface area (TPSA) is 95.9 Å². The fourth-order valence-corrected chi connectivity index (χ4v) is 13.8. The van der Waals surface area contributed by atoms with E-state index in [1.165, 1.54) is 424 Å². The molecule has 0 radical (unpaired) electrons. The highest BCUT2D eigenvalue weighted by Crippen LogP contribution is 2.21. The number of hydrogen-bond donors (Lipinski definition) is 3. The predicted molar refractivity (Wildman–Crippen MR) is 394 cm³/mol. The highest BCUT2D eigenvalue weighted by atomic mass is 16.5. The van der Waals surface area contributed by atoms with Crippen molar-refractivity contribution in [1.82, 2.24) is 5.32 Å². The summed E-state index contributed by atoms with van der Waals surface area (Å²) >= 11 is 0. The van der Waals surface area contributed by atoms with Gasteiger partial charge in [0, 0.05) is 12.8 Å². The Kier molecular flexibility index (Phi) is 78.3. The predicted octanol–water partition coefficient (Wildman–Crippen LogP) is 27.7. The number of hydrogen-bond acceptors (Lipinski definition) is 5. The van der Waals surface area contributed by atoms with Crippen molar-refractivity contribution in [2.45, 2.75) is 508 Å². The van der Waals surface area contributed by atoms with Crippen molar-refractivity contribution >= 4 is 11.9 Å². The van der Waals surface area contributed by atoms with Gasteiger partial charge < -0.3 is 20.3 Å². The lowest BCUT2D eigenvalue weighted by Crippen LogP contribution is -2.45. The third-order valence-electron chi connectivity index (χ3n) is 20.2. The summed E-state index contributed by atoms with van der Waals surface area (Å²) in [6.45, 7) is 5.02. The Morgan fingerprint density at radius 3 is 0.685 bits per heavy atom. The van der Waals surface area contributed by atoms with Crippen molar-refractivity contribution in [3.8, 4) is 0 Å². The summed E-state index contributed by atoms with van der Waals surface area (Å²) in [4.78, 5) is 24.7. The molecule has 0 aromatic carbocycles. The molecule has 3 N–H and O–H groups in total. The second-order valence-electron chi connectivity index (χ2n) is 29.2. The van der Waals surface area contributed by atoms with E-state index in [1.54, 1.807) is 0 Å². The summed E-state index contributed by atoms with van der Waals surface area (Å²) in [6, 6.07) is -0.538. The molecule has 89 heavy (non-hydrogen) atoms. The van der Waals surface area contributed by atoms with Crippen LogP contribution in [-0.2, 0) is 14.3 Å². The summed E-state index contributed by atoms with van der Waals surface area (Å²) in [7, 11) is 0. The Morgan fingerprint density at radius 2 is 0.461 bits per heavy atom. The molecule has 0 aromatic rings. The van der Waals surface area contributed by atoms with Crippen molar-refractivity contribution in [2.24, 2.45) is 0 Å². The van der Waals surface area contributed by atoms with E-state index in [0.29, 0.717) is 25.9 Å². The smallest absolute Gasteiger partial charge is 0.305 e. The average molecular weight is 1260 g/mol. The number of ether oxygens (including phenoxy) is 1. The molecule has 0 aliphatic carbocycles. The first-order chi connectivity index (χ1) is 44.0. The molecule has 0 aromatic heterocycles. The third kappa shape index (κ3) is 75.8. The van der Waals surface area contributed by atoms with Crippen molar-refractivity contribution in [2.75, 3.05) is 13.2 Å². The largest absolute Gasteiger partial charge is 0.466 e. The quantitative estimate of drug-likeness (QED) is 0.0417. The first-order valence-electron chi connectivity index (χ1n) is 41.8. The second kappa shape index (κ2) is 79.3. The summed E-state index contributed by atoms with van der Waals surface area (Å²) in [5, 5.41) is 23.5. The SMILES string of the molecule is CCCCCCCCCCCCCCCCCCCCCCCCCC(O)C(CO)NC(=O)CCCCCCCCCCCCCCCCCCCCCCCCCCCCCCCCCCCCCOC(=O)CCCCCCCCCCCCCCCC. The average Bonchev–Trinajstić information content (AvgIpc) is 3.58. The maximum Gasteiger partial charge on any atom is 0.305 e. The van der Waals surface area contributed by atoms with E-state index >= 15 is 0 Å². The van der Waals surface area contributed by atoms with Gasteiger partial charge in [-0.15, -0.1) is 0 Å². The van der Waals surface area contributed by atoms with Gasteiger partial charge in [-0.25, -0.2) is 0 Å². The fraction of sp³-hybridized carbons (Fsp3) is 0.976. The van der Waals surface area contributed by atoms with E-state index in [1.807, 2.05) is 0 Å². The van der Waals surface area contributed by atoms with Crippen LogP contribution < -0.4 is 5.32 Å². The Morgan fingerprint density at radius 1 is 0.270 bits per heavy atom. The van der Waals surface area contributed by atoms with Crippen LogP contribution in [0.25, 0.3) is 0 Å². The molecule has 0 bridgehead atoms. The maximum absolute atomic E-state index is 12.6. The molecular weight excluding hydrogens is 1090 g/mol. The van der Waals surface area contributed by atoms with E-state index < -0.39 is 12.1 Å². The van der Waals surface area contributed by atoms with Crippen LogP contribution in [0.1, 0.15) is 495 Å². The van der Waals surface area contributed by atoms with Gasteiger partial charge in [-0.3, -0.25) is 9.59 Å². The molecule has 0 saturated heterocycles.